The monoisotopic (exact) mass is 299 g/mol. The van der Waals surface area contributed by atoms with Crippen molar-refractivity contribution in [2.45, 2.75) is 37.9 Å². The second kappa shape index (κ2) is 5.61. The molecule has 0 aliphatic heterocycles. The van der Waals surface area contributed by atoms with Gasteiger partial charge in [-0.05, 0) is 18.8 Å². The van der Waals surface area contributed by atoms with Crippen molar-refractivity contribution in [1.82, 2.24) is 9.36 Å². The maximum absolute atomic E-state index is 12.4. The van der Waals surface area contributed by atoms with Crippen LogP contribution in [0.3, 0.4) is 0 Å². The van der Waals surface area contributed by atoms with Gasteiger partial charge in [0.05, 0.1) is 0 Å². The predicted molar refractivity (Wildman–Crippen MR) is 65.0 cm³/mol. The predicted octanol–water partition coefficient (Wildman–Crippen LogP) is 3.77. The van der Waals surface area contributed by atoms with Crippen molar-refractivity contribution in [1.29, 1.82) is 0 Å². The third kappa shape index (κ3) is 3.26. The minimum atomic E-state index is -4.48. The Morgan fingerprint density at radius 2 is 2.06 bits per heavy atom. The number of nitrogens with one attached hydrogen (secondary N) is 1. The number of hydrogen-bond acceptors (Lipinski definition) is 4. The van der Waals surface area contributed by atoms with E-state index in [0.717, 1.165) is 37.2 Å². The zero-order valence-electron chi connectivity index (χ0n) is 9.50. The molecule has 1 aliphatic rings. The third-order valence-electron chi connectivity index (χ3n) is 3.10. The molecule has 8 heteroatoms. The van der Waals surface area contributed by atoms with Crippen molar-refractivity contribution in [3.8, 4) is 0 Å². The molecule has 0 saturated heterocycles. The van der Waals surface area contributed by atoms with E-state index >= 15 is 0 Å². The van der Waals surface area contributed by atoms with Crippen LogP contribution in [0.5, 0.6) is 0 Å². The summed E-state index contributed by atoms with van der Waals surface area (Å²) in [6.07, 6.45) is -0.366. The van der Waals surface area contributed by atoms with Crippen LogP contribution in [-0.2, 0) is 6.18 Å². The molecule has 0 amide bonds. The smallest absolute Gasteiger partial charge is 0.357 e. The minimum Gasteiger partial charge on any atom is -0.357 e. The number of nitrogens with zero attached hydrogens (tertiary/aromatic N) is 2. The first-order chi connectivity index (χ1) is 8.50. The molecular formula is C10H13ClF3N3S. The summed E-state index contributed by atoms with van der Waals surface area (Å²) in [5, 5.41) is 3.26. The van der Waals surface area contributed by atoms with Gasteiger partial charge >= 0.3 is 6.18 Å². The molecule has 0 aromatic carbocycles. The molecule has 1 heterocycles. The lowest BCUT2D eigenvalue weighted by Crippen LogP contribution is -2.33. The van der Waals surface area contributed by atoms with Crippen LogP contribution in [0, 0.1) is 5.92 Å². The Labute approximate surface area is 112 Å². The summed E-state index contributed by atoms with van der Waals surface area (Å²) in [7, 11) is 0. The summed E-state index contributed by atoms with van der Waals surface area (Å²) in [6, 6.07) is 0.102. The lowest BCUT2D eigenvalue weighted by molar-refractivity contribution is -0.144. The van der Waals surface area contributed by atoms with Gasteiger partial charge in [0.15, 0.2) is 0 Å². The summed E-state index contributed by atoms with van der Waals surface area (Å²) in [5.41, 5.74) is 0. The van der Waals surface area contributed by atoms with Crippen LogP contribution in [0.2, 0.25) is 0 Å². The highest BCUT2D eigenvalue weighted by Crippen LogP contribution is 2.32. The molecule has 1 fully saturated rings. The number of alkyl halides is 4. The Balaban J connectivity index is 2.02. The summed E-state index contributed by atoms with van der Waals surface area (Å²) >= 11 is 6.61. The van der Waals surface area contributed by atoms with Gasteiger partial charge in [-0.1, -0.05) is 12.8 Å². The fraction of sp³-hybridized carbons (Fsp3) is 0.800. The molecule has 1 aromatic rings. The molecule has 0 bridgehead atoms. The Bertz CT molecular complexity index is 396. The first kappa shape index (κ1) is 13.9. The molecule has 1 aliphatic carbocycles. The maximum Gasteiger partial charge on any atom is 0.452 e. The summed E-state index contributed by atoms with van der Waals surface area (Å²) in [5.74, 6) is -0.269. The number of halogens is 4. The van der Waals surface area contributed by atoms with Crippen LogP contribution in [-0.4, -0.2) is 21.3 Å². The normalized spacial score (nSPS) is 25.1. The molecule has 2 unspecified atom stereocenters. The van der Waals surface area contributed by atoms with Gasteiger partial charge in [-0.25, -0.2) is 0 Å². The second-order valence-corrected chi connectivity index (χ2v) is 5.43. The zero-order valence-corrected chi connectivity index (χ0v) is 11.1. The van der Waals surface area contributed by atoms with Gasteiger partial charge < -0.3 is 5.32 Å². The van der Waals surface area contributed by atoms with Crippen LogP contribution >= 0.6 is 23.1 Å². The van der Waals surface area contributed by atoms with Crippen LogP contribution in [0.1, 0.15) is 31.5 Å². The largest absolute Gasteiger partial charge is 0.452 e. The molecule has 1 saturated carbocycles. The topological polar surface area (TPSA) is 37.8 Å². The molecule has 1 N–H and O–H groups in total. The molecular weight excluding hydrogens is 287 g/mol. The molecule has 2 rings (SSSR count). The zero-order chi connectivity index (χ0) is 13.2. The van der Waals surface area contributed by atoms with E-state index in [-0.39, 0.29) is 11.2 Å². The Hall–Kier alpha value is -0.560. The van der Waals surface area contributed by atoms with Crippen LogP contribution in [0.4, 0.5) is 18.3 Å². The highest BCUT2D eigenvalue weighted by Gasteiger charge is 2.36. The van der Waals surface area contributed by atoms with Crippen molar-refractivity contribution in [3.63, 3.8) is 0 Å². The van der Waals surface area contributed by atoms with Crippen molar-refractivity contribution < 1.29 is 13.2 Å². The van der Waals surface area contributed by atoms with E-state index in [1.54, 1.807) is 0 Å². The fourth-order valence-corrected chi connectivity index (χ4v) is 3.16. The van der Waals surface area contributed by atoms with E-state index in [4.69, 9.17) is 11.6 Å². The van der Waals surface area contributed by atoms with Crippen molar-refractivity contribution in [2.24, 2.45) is 5.92 Å². The van der Waals surface area contributed by atoms with E-state index in [0.29, 0.717) is 11.8 Å². The minimum absolute atomic E-state index is 0.102. The highest BCUT2D eigenvalue weighted by molar-refractivity contribution is 7.09. The van der Waals surface area contributed by atoms with E-state index in [9.17, 15) is 13.2 Å². The average Bonchev–Trinajstić information content (AvgIpc) is 2.78. The number of anilines is 1. The molecule has 1 aromatic heterocycles. The van der Waals surface area contributed by atoms with Crippen LogP contribution in [0.15, 0.2) is 0 Å². The van der Waals surface area contributed by atoms with Crippen LogP contribution in [0.25, 0.3) is 0 Å². The Morgan fingerprint density at radius 1 is 1.33 bits per heavy atom. The van der Waals surface area contributed by atoms with Crippen molar-refractivity contribution in [3.05, 3.63) is 5.82 Å². The van der Waals surface area contributed by atoms with Gasteiger partial charge in [-0.15, -0.1) is 11.6 Å². The van der Waals surface area contributed by atoms with Crippen LogP contribution < -0.4 is 5.32 Å². The van der Waals surface area contributed by atoms with Crippen molar-refractivity contribution >= 4 is 28.3 Å². The fourth-order valence-electron chi connectivity index (χ4n) is 2.14. The summed E-state index contributed by atoms with van der Waals surface area (Å²) in [4.78, 5) is 3.47. The maximum atomic E-state index is 12.4. The molecule has 3 nitrogen and oxygen atoms in total. The number of rotatable bonds is 3. The quantitative estimate of drug-likeness (QED) is 0.864. The first-order valence-corrected chi connectivity index (χ1v) is 7.05. The Kier molecular flexibility index (Phi) is 4.32. The van der Waals surface area contributed by atoms with Gasteiger partial charge in [0.2, 0.25) is 11.0 Å². The summed E-state index contributed by atoms with van der Waals surface area (Å²) in [6.45, 7) is 0. The van der Waals surface area contributed by atoms with E-state index in [2.05, 4.69) is 14.7 Å². The van der Waals surface area contributed by atoms with Gasteiger partial charge in [-0.2, -0.15) is 22.5 Å². The van der Waals surface area contributed by atoms with E-state index < -0.39 is 12.0 Å². The van der Waals surface area contributed by atoms with Gasteiger partial charge in [0.25, 0.3) is 0 Å². The highest BCUT2D eigenvalue weighted by atomic mass is 35.5. The Morgan fingerprint density at radius 3 is 2.67 bits per heavy atom. The first-order valence-electron chi connectivity index (χ1n) is 5.74. The number of hydrogen-bond donors (Lipinski definition) is 1. The lowest BCUT2D eigenvalue weighted by Gasteiger charge is -2.30. The van der Waals surface area contributed by atoms with Crippen molar-refractivity contribution in [2.75, 3.05) is 11.2 Å². The second-order valence-electron chi connectivity index (χ2n) is 4.37. The standard InChI is InChI=1S/C10H13ClF3N3S/c11-5-6-3-1-2-4-7(6)15-9-16-8(17-18-9)10(12,13)14/h6-7H,1-5H2,(H,15,16,17). The molecule has 102 valence electrons. The van der Waals surface area contributed by atoms with E-state index in [1.165, 1.54) is 0 Å². The lowest BCUT2D eigenvalue weighted by atomic mass is 9.86. The molecule has 0 radical (unpaired) electrons. The van der Waals surface area contributed by atoms with Gasteiger partial charge in [0, 0.05) is 23.5 Å². The van der Waals surface area contributed by atoms with E-state index in [1.807, 2.05) is 0 Å². The molecule has 0 spiro atoms. The summed E-state index contributed by atoms with van der Waals surface area (Å²) < 4.78 is 40.4. The van der Waals surface area contributed by atoms with Gasteiger partial charge in [-0.3, -0.25) is 0 Å². The molecule has 18 heavy (non-hydrogen) atoms. The van der Waals surface area contributed by atoms with Gasteiger partial charge in [0.1, 0.15) is 0 Å². The third-order valence-corrected chi connectivity index (χ3v) is 4.14. The number of aromatic nitrogens is 2. The molecule has 2 atom stereocenters. The SMILES string of the molecule is FC(F)(F)c1nsc(NC2CCCCC2CCl)n1. The average molecular weight is 300 g/mol.